The summed E-state index contributed by atoms with van der Waals surface area (Å²) >= 11 is 0. The van der Waals surface area contributed by atoms with Gasteiger partial charge in [-0.2, -0.15) is 0 Å². The maximum absolute atomic E-state index is 12.8. The zero-order valence-electron chi connectivity index (χ0n) is 8.02. The topological polar surface area (TPSA) is 37.8 Å². The summed E-state index contributed by atoms with van der Waals surface area (Å²) in [6.07, 6.45) is 4.92. The quantitative estimate of drug-likeness (QED) is 0.831. The third kappa shape index (κ3) is 2.74. The lowest BCUT2D eigenvalue weighted by molar-refractivity contribution is 0.628. The van der Waals surface area contributed by atoms with E-state index in [1.54, 1.807) is 30.7 Å². The molecule has 0 aliphatic heterocycles. The molecule has 0 bridgehead atoms. The molecular formula is C11H10FN3. The van der Waals surface area contributed by atoms with E-state index in [2.05, 4.69) is 15.3 Å². The van der Waals surface area contributed by atoms with Gasteiger partial charge in [0.25, 0.3) is 0 Å². The Morgan fingerprint density at radius 3 is 2.93 bits per heavy atom. The first-order valence-electron chi connectivity index (χ1n) is 4.59. The molecule has 0 atom stereocenters. The van der Waals surface area contributed by atoms with Crippen molar-refractivity contribution < 1.29 is 4.39 Å². The van der Waals surface area contributed by atoms with E-state index in [0.29, 0.717) is 6.54 Å². The second kappa shape index (κ2) is 4.50. The molecule has 0 radical (unpaired) electrons. The standard InChI is InChI=1S/C11H10FN3/c12-9-2-1-3-10(6-9)15-8-11-7-13-4-5-14-11/h1-7,15H,8H2. The Kier molecular flexibility index (Phi) is 2.88. The first-order chi connectivity index (χ1) is 7.34. The van der Waals surface area contributed by atoms with Crippen LogP contribution in [-0.2, 0) is 6.54 Å². The van der Waals surface area contributed by atoms with Crippen LogP contribution < -0.4 is 5.32 Å². The first-order valence-corrected chi connectivity index (χ1v) is 4.59. The Balaban J connectivity index is 1.99. The van der Waals surface area contributed by atoms with Crippen molar-refractivity contribution in [2.45, 2.75) is 6.54 Å². The Labute approximate surface area is 87.0 Å². The summed E-state index contributed by atoms with van der Waals surface area (Å²) in [5.74, 6) is -0.251. The van der Waals surface area contributed by atoms with Gasteiger partial charge in [-0.15, -0.1) is 0 Å². The summed E-state index contributed by atoms with van der Waals surface area (Å²) in [6, 6.07) is 6.32. The number of nitrogens with zero attached hydrogens (tertiary/aromatic N) is 2. The molecule has 1 aromatic heterocycles. The van der Waals surface area contributed by atoms with Crippen LogP contribution in [0.1, 0.15) is 5.69 Å². The highest BCUT2D eigenvalue weighted by Gasteiger charge is 1.95. The van der Waals surface area contributed by atoms with Gasteiger partial charge in [0.1, 0.15) is 5.82 Å². The number of benzene rings is 1. The molecule has 0 saturated carbocycles. The fourth-order valence-electron chi connectivity index (χ4n) is 1.21. The molecule has 76 valence electrons. The predicted molar refractivity (Wildman–Crippen MR) is 55.8 cm³/mol. The van der Waals surface area contributed by atoms with Crippen LogP contribution in [0.3, 0.4) is 0 Å². The molecule has 15 heavy (non-hydrogen) atoms. The Morgan fingerprint density at radius 2 is 2.20 bits per heavy atom. The number of rotatable bonds is 3. The molecule has 0 fully saturated rings. The van der Waals surface area contributed by atoms with Gasteiger partial charge in [0.2, 0.25) is 0 Å². The van der Waals surface area contributed by atoms with E-state index in [1.807, 2.05) is 0 Å². The summed E-state index contributed by atoms with van der Waals surface area (Å²) in [4.78, 5) is 8.04. The van der Waals surface area contributed by atoms with Crippen molar-refractivity contribution in [2.75, 3.05) is 5.32 Å². The van der Waals surface area contributed by atoms with Crippen molar-refractivity contribution in [2.24, 2.45) is 0 Å². The maximum atomic E-state index is 12.8. The molecule has 0 aliphatic rings. The molecule has 1 aromatic carbocycles. The van der Waals surface area contributed by atoms with E-state index in [9.17, 15) is 4.39 Å². The second-order valence-electron chi connectivity index (χ2n) is 3.06. The molecular weight excluding hydrogens is 193 g/mol. The number of hydrogen-bond acceptors (Lipinski definition) is 3. The summed E-state index contributed by atoms with van der Waals surface area (Å²) < 4.78 is 12.8. The minimum absolute atomic E-state index is 0.251. The van der Waals surface area contributed by atoms with Crippen LogP contribution >= 0.6 is 0 Å². The van der Waals surface area contributed by atoms with Gasteiger partial charge in [-0.1, -0.05) is 6.07 Å². The average Bonchev–Trinajstić information content (AvgIpc) is 2.28. The minimum Gasteiger partial charge on any atom is -0.379 e. The highest BCUT2D eigenvalue weighted by atomic mass is 19.1. The molecule has 0 spiro atoms. The number of aromatic nitrogens is 2. The van der Waals surface area contributed by atoms with Crippen molar-refractivity contribution in [3.63, 3.8) is 0 Å². The van der Waals surface area contributed by atoms with Crippen molar-refractivity contribution in [1.29, 1.82) is 0 Å². The minimum atomic E-state index is -0.251. The van der Waals surface area contributed by atoms with Crippen molar-refractivity contribution in [3.05, 3.63) is 54.4 Å². The van der Waals surface area contributed by atoms with Crippen molar-refractivity contribution in [1.82, 2.24) is 9.97 Å². The zero-order valence-corrected chi connectivity index (χ0v) is 8.02. The molecule has 1 heterocycles. The predicted octanol–water partition coefficient (Wildman–Crippen LogP) is 2.23. The van der Waals surface area contributed by atoms with E-state index in [-0.39, 0.29) is 5.82 Å². The van der Waals surface area contributed by atoms with E-state index in [4.69, 9.17) is 0 Å². The monoisotopic (exact) mass is 203 g/mol. The molecule has 4 heteroatoms. The van der Waals surface area contributed by atoms with E-state index in [0.717, 1.165) is 11.4 Å². The Hall–Kier alpha value is -1.97. The van der Waals surface area contributed by atoms with Crippen LogP contribution in [0.25, 0.3) is 0 Å². The number of anilines is 1. The van der Waals surface area contributed by atoms with Gasteiger partial charge in [-0.3, -0.25) is 9.97 Å². The van der Waals surface area contributed by atoms with Crippen molar-refractivity contribution in [3.8, 4) is 0 Å². The highest BCUT2D eigenvalue weighted by Crippen LogP contribution is 2.09. The molecule has 0 unspecified atom stereocenters. The van der Waals surface area contributed by atoms with E-state index < -0.39 is 0 Å². The summed E-state index contributed by atoms with van der Waals surface area (Å²) in [7, 11) is 0. The Morgan fingerprint density at radius 1 is 1.27 bits per heavy atom. The summed E-state index contributed by atoms with van der Waals surface area (Å²) in [5.41, 5.74) is 1.56. The highest BCUT2D eigenvalue weighted by molar-refractivity contribution is 5.43. The smallest absolute Gasteiger partial charge is 0.125 e. The van der Waals surface area contributed by atoms with Gasteiger partial charge in [-0.25, -0.2) is 4.39 Å². The van der Waals surface area contributed by atoms with Gasteiger partial charge in [0.15, 0.2) is 0 Å². The maximum Gasteiger partial charge on any atom is 0.125 e. The average molecular weight is 203 g/mol. The number of halogens is 1. The number of nitrogens with one attached hydrogen (secondary N) is 1. The lowest BCUT2D eigenvalue weighted by Crippen LogP contribution is -2.01. The molecule has 0 saturated heterocycles. The lowest BCUT2D eigenvalue weighted by Gasteiger charge is -2.04. The number of hydrogen-bond donors (Lipinski definition) is 1. The molecule has 0 aliphatic carbocycles. The summed E-state index contributed by atoms with van der Waals surface area (Å²) in [6.45, 7) is 0.539. The van der Waals surface area contributed by atoms with Crippen LogP contribution in [0, 0.1) is 5.82 Å². The zero-order chi connectivity index (χ0) is 10.5. The van der Waals surface area contributed by atoms with Gasteiger partial charge in [0, 0.05) is 18.1 Å². The molecule has 2 rings (SSSR count). The van der Waals surface area contributed by atoms with Crippen LogP contribution in [0.15, 0.2) is 42.9 Å². The van der Waals surface area contributed by atoms with Gasteiger partial charge >= 0.3 is 0 Å². The third-order valence-electron chi connectivity index (χ3n) is 1.91. The van der Waals surface area contributed by atoms with E-state index in [1.165, 1.54) is 12.1 Å². The second-order valence-corrected chi connectivity index (χ2v) is 3.06. The molecule has 2 aromatic rings. The fraction of sp³-hybridized carbons (Fsp3) is 0.0909. The van der Waals surface area contributed by atoms with Crippen LogP contribution in [-0.4, -0.2) is 9.97 Å². The fourth-order valence-corrected chi connectivity index (χ4v) is 1.21. The first kappa shape index (κ1) is 9.58. The Bertz CT molecular complexity index is 431. The molecule has 0 amide bonds. The van der Waals surface area contributed by atoms with Crippen LogP contribution in [0.4, 0.5) is 10.1 Å². The summed E-state index contributed by atoms with van der Waals surface area (Å²) in [5, 5.41) is 3.06. The largest absolute Gasteiger partial charge is 0.379 e. The normalized spacial score (nSPS) is 9.93. The van der Waals surface area contributed by atoms with Gasteiger partial charge in [-0.05, 0) is 18.2 Å². The molecule has 1 N–H and O–H groups in total. The van der Waals surface area contributed by atoms with Gasteiger partial charge < -0.3 is 5.32 Å². The lowest BCUT2D eigenvalue weighted by atomic mass is 10.3. The third-order valence-corrected chi connectivity index (χ3v) is 1.91. The van der Waals surface area contributed by atoms with Crippen molar-refractivity contribution >= 4 is 5.69 Å². The van der Waals surface area contributed by atoms with Gasteiger partial charge in [0.05, 0.1) is 18.4 Å². The van der Waals surface area contributed by atoms with Crippen LogP contribution in [0.2, 0.25) is 0 Å². The molecule has 3 nitrogen and oxygen atoms in total. The van der Waals surface area contributed by atoms with E-state index >= 15 is 0 Å². The SMILES string of the molecule is Fc1cccc(NCc2cnccn2)c1. The van der Waals surface area contributed by atoms with Crippen LogP contribution in [0.5, 0.6) is 0 Å².